The summed E-state index contributed by atoms with van der Waals surface area (Å²) in [5.74, 6) is -0.508. The van der Waals surface area contributed by atoms with E-state index in [1.807, 2.05) is 39.1 Å². The highest BCUT2D eigenvalue weighted by atomic mass is 19.1. The molecule has 2 aromatic rings. The summed E-state index contributed by atoms with van der Waals surface area (Å²) in [6, 6.07) is 11.7. The second-order valence-electron chi connectivity index (χ2n) is 7.23. The number of rotatable bonds is 8. The minimum atomic E-state index is -0.364. The van der Waals surface area contributed by atoms with E-state index in [0.29, 0.717) is 13.0 Å². The Bertz CT molecular complexity index is 801. The highest BCUT2D eigenvalue weighted by Gasteiger charge is 2.23. The maximum atomic E-state index is 12.9. The maximum absolute atomic E-state index is 12.9. The molecular formula is C22H29FN3O2+. The third-order valence-electron chi connectivity index (χ3n) is 4.94. The van der Waals surface area contributed by atoms with Crippen molar-refractivity contribution in [1.29, 1.82) is 0 Å². The third kappa shape index (κ3) is 6.16. The zero-order chi connectivity index (χ0) is 20.7. The van der Waals surface area contributed by atoms with Crippen LogP contribution in [0.25, 0.3) is 0 Å². The molecule has 2 aromatic carbocycles. The van der Waals surface area contributed by atoms with E-state index < -0.39 is 0 Å². The number of hydrogen-bond acceptors (Lipinski definition) is 2. The predicted molar refractivity (Wildman–Crippen MR) is 109 cm³/mol. The van der Waals surface area contributed by atoms with Crippen molar-refractivity contribution in [2.75, 3.05) is 25.5 Å². The molecule has 0 heterocycles. The zero-order valence-corrected chi connectivity index (χ0v) is 16.9. The number of halogens is 1. The summed E-state index contributed by atoms with van der Waals surface area (Å²) >= 11 is 0. The van der Waals surface area contributed by atoms with E-state index in [-0.39, 0.29) is 30.2 Å². The summed E-state index contributed by atoms with van der Waals surface area (Å²) in [4.78, 5) is 25.5. The van der Waals surface area contributed by atoms with Crippen molar-refractivity contribution in [2.24, 2.45) is 0 Å². The molecule has 2 amide bonds. The van der Waals surface area contributed by atoms with E-state index in [0.717, 1.165) is 27.3 Å². The molecule has 2 atom stereocenters. The van der Waals surface area contributed by atoms with Crippen molar-refractivity contribution >= 4 is 17.5 Å². The molecule has 150 valence electrons. The molecule has 3 N–H and O–H groups in total. The van der Waals surface area contributed by atoms with Gasteiger partial charge in [0.15, 0.2) is 12.6 Å². The van der Waals surface area contributed by atoms with Gasteiger partial charge in [0.25, 0.3) is 11.8 Å². The van der Waals surface area contributed by atoms with Gasteiger partial charge in [-0.2, -0.15) is 0 Å². The standard InChI is InChI=1S/C22H28FN3O2/c1-15-6-5-7-16(2)21(15)25-20(27)14-26(4)17(3)22(28)24-13-12-18-8-10-19(23)11-9-18/h5-11,17H,12-14H2,1-4H3,(H,24,28)(H,25,27)/p+1/t17-/m0/s1. The second kappa shape index (κ2) is 9.99. The Hall–Kier alpha value is -2.73. The van der Waals surface area contributed by atoms with Crippen molar-refractivity contribution in [3.05, 3.63) is 65.0 Å². The molecule has 0 bridgehead atoms. The fourth-order valence-electron chi connectivity index (χ4n) is 2.96. The summed E-state index contributed by atoms with van der Waals surface area (Å²) < 4.78 is 12.9. The number of anilines is 1. The van der Waals surface area contributed by atoms with E-state index in [1.165, 1.54) is 12.1 Å². The van der Waals surface area contributed by atoms with Crippen LogP contribution < -0.4 is 15.5 Å². The number of quaternary nitrogens is 1. The van der Waals surface area contributed by atoms with Crippen molar-refractivity contribution < 1.29 is 18.9 Å². The molecule has 0 aliphatic carbocycles. The normalized spacial score (nSPS) is 12.9. The maximum Gasteiger partial charge on any atom is 0.279 e. The SMILES string of the molecule is Cc1cccc(C)c1NC(=O)C[NH+](C)[C@@H](C)C(=O)NCCc1ccc(F)cc1. The van der Waals surface area contributed by atoms with Crippen LogP contribution in [0.5, 0.6) is 0 Å². The van der Waals surface area contributed by atoms with Gasteiger partial charge in [-0.3, -0.25) is 9.59 Å². The Morgan fingerprint density at radius 3 is 2.29 bits per heavy atom. The molecule has 28 heavy (non-hydrogen) atoms. The first kappa shape index (κ1) is 21.6. The number of para-hydroxylation sites is 1. The van der Waals surface area contributed by atoms with E-state index in [1.54, 1.807) is 19.1 Å². The molecule has 0 fully saturated rings. The Kier molecular flexibility index (Phi) is 7.70. The average molecular weight is 386 g/mol. The third-order valence-corrected chi connectivity index (χ3v) is 4.94. The molecule has 0 radical (unpaired) electrons. The molecule has 1 unspecified atom stereocenters. The molecule has 0 spiro atoms. The van der Waals surface area contributed by atoms with Gasteiger partial charge in [0.05, 0.1) is 7.05 Å². The van der Waals surface area contributed by atoms with Crippen LogP contribution in [0.15, 0.2) is 42.5 Å². The summed E-state index contributed by atoms with van der Waals surface area (Å²) in [5, 5.41) is 5.83. The lowest BCUT2D eigenvalue weighted by molar-refractivity contribution is -0.885. The van der Waals surface area contributed by atoms with Crippen molar-refractivity contribution in [1.82, 2.24) is 5.32 Å². The van der Waals surface area contributed by atoms with E-state index in [2.05, 4.69) is 10.6 Å². The largest absolute Gasteiger partial charge is 0.351 e. The van der Waals surface area contributed by atoms with Crippen LogP contribution in [0, 0.1) is 19.7 Å². The monoisotopic (exact) mass is 386 g/mol. The first-order chi connectivity index (χ1) is 13.3. The number of likely N-dealkylation sites (N-methyl/N-ethyl adjacent to an activating group) is 1. The van der Waals surface area contributed by atoms with Gasteiger partial charge in [0.1, 0.15) is 5.82 Å². The average Bonchev–Trinajstić information content (AvgIpc) is 2.65. The Balaban J connectivity index is 1.80. The molecule has 0 aliphatic heterocycles. The lowest BCUT2D eigenvalue weighted by atomic mass is 10.1. The lowest BCUT2D eigenvalue weighted by Crippen LogP contribution is -3.15. The van der Waals surface area contributed by atoms with Gasteiger partial charge < -0.3 is 15.5 Å². The number of carbonyl (C=O) groups excluding carboxylic acids is 2. The van der Waals surface area contributed by atoms with Crippen molar-refractivity contribution in [2.45, 2.75) is 33.2 Å². The number of benzene rings is 2. The molecular weight excluding hydrogens is 357 g/mol. The number of hydrogen-bond donors (Lipinski definition) is 3. The molecule has 0 saturated heterocycles. The van der Waals surface area contributed by atoms with Crippen LogP contribution in [-0.4, -0.2) is 38.0 Å². The van der Waals surface area contributed by atoms with Gasteiger partial charge >= 0.3 is 0 Å². The van der Waals surface area contributed by atoms with Crippen LogP contribution >= 0.6 is 0 Å². The quantitative estimate of drug-likeness (QED) is 0.646. The van der Waals surface area contributed by atoms with Gasteiger partial charge in [0, 0.05) is 12.2 Å². The lowest BCUT2D eigenvalue weighted by Gasteiger charge is -2.21. The molecule has 5 nitrogen and oxygen atoms in total. The first-order valence-electron chi connectivity index (χ1n) is 9.48. The smallest absolute Gasteiger partial charge is 0.279 e. The van der Waals surface area contributed by atoms with Gasteiger partial charge in [-0.05, 0) is 56.0 Å². The van der Waals surface area contributed by atoms with Gasteiger partial charge in [-0.1, -0.05) is 30.3 Å². The minimum Gasteiger partial charge on any atom is -0.351 e. The van der Waals surface area contributed by atoms with Crippen molar-refractivity contribution in [3.63, 3.8) is 0 Å². The number of nitrogens with one attached hydrogen (secondary N) is 3. The second-order valence-corrected chi connectivity index (χ2v) is 7.23. The van der Waals surface area contributed by atoms with Crippen LogP contribution in [-0.2, 0) is 16.0 Å². The Morgan fingerprint density at radius 2 is 1.68 bits per heavy atom. The molecule has 0 saturated carbocycles. The highest BCUT2D eigenvalue weighted by Crippen LogP contribution is 2.18. The Morgan fingerprint density at radius 1 is 1.07 bits per heavy atom. The molecule has 0 aromatic heterocycles. The number of carbonyl (C=O) groups is 2. The minimum absolute atomic E-state index is 0.112. The first-order valence-corrected chi connectivity index (χ1v) is 9.48. The summed E-state index contributed by atoms with van der Waals surface area (Å²) in [7, 11) is 1.83. The fourth-order valence-corrected chi connectivity index (χ4v) is 2.96. The zero-order valence-electron chi connectivity index (χ0n) is 16.9. The van der Waals surface area contributed by atoms with Crippen LogP contribution in [0.2, 0.25) is 0 Å². The highest BCUT2D eigenvalue weighted by molar-refractivity contribution is 5.93. The number of aryl methyl sites for hydroxylation is 2. The van der Waals surface area contributed by atoms with Gasteiger partial charge in [-0.15, -0.1) is 0 Å². The van der Waals surface area contributed by atoms with Crippen molar-refractivity contribution in [3.8, 4) is 0 Å². The van der Waals surface area contributed by atoms with Crippen LogP contribution in [0.3, 0.4) is 0 Å². The van der Waals surface area contributed by atoms with Gasteiger partial charge in [0.2, 0.25) is 0 Å². The summed E-state index contributed by atoms with van der Waals surface area (Å²) in [5.41, 5.74) is 3.81. The molecule has 2 rings (SSSR count). The fraction of sp³-hybridized carbons (Fsp3) is 0.364. The summed E-state index contributed by atoms with van der Waals surface area (Å²) in [6.07, 6.45) is 0.630. The Labute approximate surface area is 165 Å². The van der Waals surface area contributed by atoms with Crippen LogP contribution in [0.4, 0.5) is 10.1 Å². The van der Waals surface area contributed by atoms with E-state index in [4.69, 9.17) is 0 Å². The molecule has 0 aliphatic rings. The number of amides is 2. The van der Waals surface area contributed by atoms with Gasteiger partial charge in [-0.25, -0.2) is 4.39 Å². The van der Waals surface area contributed by atoms with E-state index in [9.17, 15) is 14.0 Å². The van der Waals surface area contributed by atoms with Crippen LogP contribution in [0.1, 0.15) is 23.6 Å². The topological polar surface area (TPSA) is 62.6 Å². The summed E-state index contributed by atoms with van der Waals surface area (Å²) in [6.45, 7) is 6.37. The van der Waals surface area contributed by atoms with E-state index >= 15 is 0 Å². The predicted octanol–water partition coefficient (Wildman–Crippen LogP) is 1.64. The molecule has 6 heteroatoms.